The van der Waals surface area contributed by atoms with Crippen molar-refractivity contribution in [3.63, 3.8) is 0 Å². The van der Waals surface area contributed by atoms with E-state index in [1.807, 2.05) is 38.1 Å². The predicted molar refractivity (Wildman–Crippen MR) is 101 cm³/mol. The lowest BCUT2D eigenvalue weighted by Gasteiger charge is -2.32. The number of nitrogens with zero attached hydrogens (tertiary/aromatic N) is 3. The fourth-order valence-corrected chi connectivity index (χ4v) is 4.20. The molecule has 2 aromatic rings. The van der Waals surface area contributed by atoms with Gasteiger partial charge in [-0.3, -0.25) is 4.79 Å². The van der Waals surface area contributed by atoms with Gasteiger partial charge in [-0.2, -0.15) is 0 Å². The van der Waals surface area contributed by atoms with Crippen molar-refractivity contribution in [1.82, 2.24) is 15.5 Å². The average molecular weight is 409 g/mol. The fourth-order valence-electron chi connectivity index (χ4n) is 2.85. The number of carbonyl (C=O) groups is 1. The topological polar surface area (TPSA) is 58.1 Å². The smallest absolute Gasteiger partial charge is 0.223 e. The fraction of sp³-hybridized carbons (Fsp3) is 0.471. The van der Waals surface area contributed by atoms with E-state index in [0.717, 1.165) is 46.1 Å². The summed E-state index contributed by atoms with van der Waals surface area (Å²) in [5.41, 5.74) is 0.889. The standard InChI is InChI=1S/C17H21BrN4OS/c1-11(2)19-17(23)12-7-9-22(10-8-12)16-6-3-13(20-21-16)14-4-5-15(18)24-14/h3-6,11-12H,7-10H2,1-2H3,(H,19,23). The van der Waals surface area contributed by atoms with Gasteiger partial charge in [-0.15, -0.1) is 21.5 Å². The van der Waals surface area contributed by atoms with Crippen LogP contribution in [0.3, 0.4) is 0 Å². The van der Waals surface area contributed by atoms with Crippen molar-refractivity contribution >= 4 is 39.0 Å². The Labute approximate surface area is 154 Å². The van der Waals surface area contributed by atoms with Gasteiger partial charge in [0.15, 0.2) is 5.82 Å². The Morgan fingerprint density at radius 2 is 2.00 bits per heavy atom. The Hall–Kier alpha value is -1.47. The minimum Gasteiger partial charge on any atom is -0.355 e. The van der Waals surface area contributed by atoms with Gasteiger partial charge >= 0.3 is 0 Å². The molecule has 1 N–H and O–H groups in total. The van der Waals surface area contributed by atoms with Gasteiger partial charge in [-0.1, -0.05) is 0 Å². The first kappa shape index (κ1) is 17.4. The van der Waals surface area contributed by atoms with Gasteiger partial charge in [-0.25, -0.2) is 0 Å². The number of halogens is 1. The number of aromatic nitrogens is 2. The molecule has 128 valence electrons. The summed E-state index contributed by atoms with van der Waals surface area (Å²) in [5, 5.41) is 11.7. The van der Waals surface area contributed by atoms with Crippen molar-refractivity contribution in [2.24, 2.45) is 5.92 Å². The Balaban J connectivity index is 1.59. The Morgan fingerprint density at radius 3 is 2.54 bits per heavy atom. The maximum absolute atomic E-state index is 12.1. The van der Waals surface area contributed by atoms with Crippen LogP contribution in [0.1, 0.15) is 26.7 Å². The zero-order valence-electron chi connectivity index (χ0n) is 13.8. The first-order valence-electron chi connectivity index (χ1n) is 8.17. The summed E-state index contributed by atoms with van der Waals surface area (Å²) in [6.07, 6.45) is 1.72. The molecule has 0 spiro atoms. The second kappa shape index (κ2) is 7.61. The Morgan fingerprint density at radius 1 is 1.25 bits per heavy atom. The van der Waals surface area contributed by atoms with Crippen molar-refractivity contribution < 1.29 is 4.79 Å². The van der Waals surface area contributed by atoms with E-state index < -0.39 is 0 Å². The zero-order chi connectivity index (χ0) is 17.1. The van der Waals surface area contributed by atoms with Gasteiger partial charge in [0.05, 0.1) is 8.66 Å². The number of carbonyl (C=O) groups excluding carboxylic acids is 1. The first-order chi connectivity index (χ1) is 11.5. The largest absolute Gasteiger partial charge is 0.355 e. The van der Waals surface area contributed by atoms with Crippen LogP contribution in [0, 0.1) is 5.92 Å². The van der Waals surface area contributed by atoms with E-state index in [2.05, 4.69) is 36.3 Å². The van der Waals surface area contributed by atoms with Gasteiger partial charge in [0.25, 0.3) is 0 Å². The van der Waals surface area contributed by atoms with Crippen molar-refractivity contribution in [3.8, 4) is 10.6 Å². The van der Waals surface area contributed by atoms with E-state index in [-0.39, 0.29) is 17.9 Å². The molecule has 1 amide bonds. The summed E-state index contributed by atoms with van der Waals surface area (Å²) in [7, 11) is 0. The Bertz CT molecular complexity index is 693. The highest BCUT2D eigenvalue weighted by Crippen LogP contribution is 2.30. The molecule has 0 aliphatic carbocycles. The molecular weight excluding hydrogens is 388 g/mol. The van der Waals surface area contributed by atoms with E-state index in [1.165, 1.54) is 0 Å². The SMILES string of the molecule is CC(C)NC(=O)C1CCN(c2ccc(-c3ccc(Br)s3)nn2)CC1. The molecule has 1 saturated heterocycles. The normalized spacial score (nSPS) is 15.8. The van der Waals surface area contributed by atoms with Gasteiger partial charge in [0.2, 0.25) is 5.91 Å². The van der Waals surface area contributed by atoms with Crippen LogP contribution in [-0.4, -0.2) is 35.2 Å². The highest BCUT2D eigenvalue weighted by molar-refractivity contribution is 9.11. The molecule has 0 bridgehead atoms. The van der Waals surface area contributed by atoms with Crippen LogP contribution in [0.4, 0.5) is 5.82 Å². The number of thiophene rings is 1. The van der Waals surface area contributed by atoms with Crippen molar-refractivity contribution in [3.05, 3.63) is 28.1 Å². The van der Waals surface area contributed by atoms with Crippen LogP contribution in [0.5, 0.6) is 0 Å². The molecule has 0 atom stereocenters. The van der Waals surface area contributed by atoms with Crippen LogP contribution in [0.25, 0.3) is 10.6 Å². The minimum absolute atomic E-state index is 0.111. The number of amides is 1. The summed E-state index contributed by atoms with van der Waals surface area (Å²) < 4.78 is 1.09. The molecule has 0 aromatic carbocycles. The highest BCUT2D eigenvalue weighted by Gasteiger charge is 2.26. The second-order valence-corrected chi connectivity index (χ2v) is 8.77. The predicted octanol–water partition coefficient (Wildman–Crippen LogP) is 3.71. The van der Waals surface area contributed by atoms with Gasteiger partial charge in [-0.05, 0) is 66.9 Å². The zero-order valence-corrected chi connectivity index (χ0v) is 16.2. The van der Waals surface area contributed by atoms with Crippen LogP contribution >= 0.6 is 27.3 Å². The quantitative estimate of drug-likeness (QED) is 0.837. The molecule has 2 aromatic heterocycles. The summed E-state index contributed by atoms with van der Waals surface area (Å²) in [6, 6.07) is 8.29. The molecule has 1 aliphatic heterocycles. The number of nitrogens with one attached hydrogen (secondary N) is 1. The van der Waals surface area contributed by atoms with E-state index in [9.17, 15) is 4.79 Å². The third kappa shape index (κ3) is 4.13. The minimum atomic E-state index is 0.111. The number of piperidine rings is 1. The summed E-state index contributed by atoms with van der Waals surface area (Å²) in [4.78, 5) is 15.4. The summed E-state index contributed by atoms with van der Waals surface area (Å²) >= 11 is 5.11. The van der Waals surface area contributed by atoms with E-state index in [1.54, 1.807) is 11.3 Å². The number of anilines is 1. The van der Waals surface area contributed by atoms with E-state index in [4.69, 9.17) is 0 Å². The van der Waals surface area contributed by atoms with E-state index in [0.29, 0.717) is 0 Å². The van der Waals surface area contributed by atoms with Crippen LogP contribution in [0.15, 0.2) is 28.1 Å². The average Bonchev–Trinajstić information content (AvgIpc) is 3.01. The first-order valence-corrected chi connectivity index (χ1v) is 9.78. The van der Waals surface area contributed by atoms with Crippen molar-refractivity contribution in [1.29, 1.82) is 0 Å². The monoisotopic (exact) mass is 408 g/mol. The maximum Gasteiger partial charge on any atom is 0.223 e. The van der Waals surface area contributed by atoms with Crippen LogP contribution in [-0.2, 0) is 4.79 Å². The number of hydrogen-bond acceptors (Lipinski definition) is 5. The Kier molecular flexibility index (Phi) is 5.50. The summed E-state index contributed by atoms with van der Waals surface area (Å²) in [5.74, 6) is 1.17. The molecule has 0 unspecified atom stereocenters. The summed E-state index contributed by atoms with van der Waals surface area (Å²) in [6.45, 7) is 5.68. The molecule has 5 nitrogen and oxygen atoms in total. The third-order valence-electron chi connectivity index (χ3n) is 4.10. The number of hydrogen-bond donors (Lipinski definition) is 1. The molecule has 0 saturated carbocycles. The molecule has 7 heteroatoms. The maximum atomic E-state index is 12.1. The van der Waals surface area contributed by atoms with Gasteiger partial charge in [0.1, 0.15) is 5.69 Å². The van der Waals surface area contributed by atoms with Gasteiger partial charge < -0.3 is 10.2 Å². The molecule has 3 heterocycles. The highest BCUT2D eigenvalue weighted by atomic mass is 79.9. The second-order valence-electron chi connectivity index (χ2n) is 6.31. The lowest BCUT2D eigenvalue weighted by Crippen LogP contribution is -2.42. The van der Waals surface area contributed by atoms with Gasteiger partial charge in [0, 0.05) is 25.0 Å². The molecule has 1 fully saturated rings. The molecule has 0 radical (unpaired) electrons. The van der Waals surface area contributed by atoms with Crippen molar-refractivity contribution in [2.75, 3.05) is 18.0 Å². The number of rotatable bonds is 4. The molecule has 1 aliphatic rings. The molecular formula is C17H21BrN4OS. The van der Waals surface area contributed by atoms with Crippen LogP contribution < -0.4 is 10.2 Å². The molecule has 3 rings (SSSR count). The lowest BCUT2D eigenvalue weighted by atomic mass is 9.95. The molecule has 24 heavy (non-hydrogen) atoms. The lowest BCUT2D eigenvalue weighted by molar-refractivity contribution is -0.126. The van der Waals surface area contributed by atoms with E-state index >= 15 is 0 Å². The van der Waals surface area contributed by atoms with Crippen LogP contribution in [0.2, 0.25) is 0 Å². The van der Waals surface area contributed by atoms with Crippen molar-refractivity contribution in [2.45, 2.75) is 32.7 Å². The third-order valence-corrected chi connectivity index (χ3v) is 5.74.